The van der Waals surface area contributed by atoms with E-state index in [0.717, 1.165) is 6.54 Å². The molecule has 0 bridgehead atoms. The van der Waals surface area contributed by atoms with E-state index in [2.05, 4.69) is 26.1 Å². The number of ether oxygens (including phenoxy) is 1. The highest BCUT2D eigenvalue weighted by atomic mass is 16.5. The molecule has 0 aliphatic heterocycles. The third-order valence-corrected chi connectivity index (χ3v) is 1.74. The van der Waals surface area contributed by atoms with E-state index in [1.807, 2.05) is 20.8 Å². The summed E-state index contributed by atoms with van der Waals surface area (Å²) < 4.78 is 5.48. The summed E-state index contributed by atoms with van der Waals surface area (Å²) in [5.41, 5.74) is 0.0790. The fraction of sp³-hybridized carbons (Fsp3) is 1.00. The molecule has 1 atom stereocenters. The molecular formula is C12H27NO2. The second-order valence-electron chi connectivity index (χ2n) is 6.27. The number of aliphatic hydroxyl groups excluding tert-OH is 1. The Morgan fingerprint density at radius 3 is 2.07 bits per heavy atom. The molecule has 0 saturated heterocycles. The van der Waals surface area contributed by atoms with Crippen LogP contribution in [0.5, 0.6) is 0 Å². The van der Waals surface area contributed by atoms with Gasteiger partial charge in [-0.1, -0.05) is 20.8 Å². The van der Waals surface area contributed by atoms with E-state index in [-0.39, 0.29) is 11.0 Å². The lowest BCUT2D eigenvalue weighted by atomic mass is 9.97. The third-order valence-electron chi connectivity index (χ3n) is 1.74. The van der Waals surface area contributed by atoms with Gasteiger partial charge in [0.1, 0.15) is 0 Å². The standard InChI is InChI=1S/C12H27NO2/c1-11(2,3)9-13-7-10(14)8-15-12(4,5)6/h10,13-14H,7-9H2,1-6H3. The van der Waals surface area contributed by atoms with E-state index < -0.39 is 6.10 Å². The normalized spacial score (nSPS) is 15.4. The predicted octanol–water partition coefficient (Wildman–Crippen LogP) is 1.80. The molecule has 0 rings (SSSR count). The van der Waals surface area contributed by atoms with Gasteiger partial charge in [-0.2, -0.15) is 0 Å². The van der Waals surface area contributed by atoms with Gasteiger partial charge in [-0.3, -0.25) is 0 Å². The third kappa shape index (κ3) is 11.8. The van der Waals surface area contributed by atoms with Crippen molar-refractivity contribution in [2.75, 3.05) is 19.7 Å². The Kier molecular flexibility index (Phi) is 5.78. The predicted molar refractivity (Wildman–Crippen MR) is 64.0 cm³/mol. The van der Waals surface area contributed by atoms with Gasteiger partial charge < -0.3 is 15.2 Å². The van der Waals surface area contributed by atoms with Gasteiger partial charge in [-0.15, -0.1) is 0 Å². The summed E-state index contributed by atoms with van der Waals surface area (Å²) >= 11 is 0. The van der Waals surface area contributed by atoms with Crippen LogP contribution >= 0.6 is 0 Å². The molecule has 0 saturated carbocycles. The van der Waals surface area contributed by atoms with E-state index in [4.69, 9.17) is 4.74 Å². The van der Waals surface area contributed by atoms with Crippen LogP contribution in [0.25, 0.3) is 0 Å². The van der Waals surface area contributed by atoms with Gasteiger partial charge in [0.15, 0.2) is 0 Å². The Labute approximate surface area is 94.2 Å². The quantitative estimate of drug-likeness (QED) is 0.738. The topological polar surface area (TPSA) is 41.5 Å². The molecule has 2 N–H and O–H groups in total. The molecule has 0 radical (unpaired) electrons. The average molecular weight is 217 g/mol. The van der Waals surface area contributed by atoms with Crippen LogP contribution in [0.3, 0.4) is 0 Å². The Morgan fingerprint density at radius 1 is 1.13 bits per heavy atom. The van der Waals surface area contributed by atoms with Crippen molar-refractivity contribution >= 4 is 0 Å². The van der Waals surface area contributed by atoms with Crippen molar-refractivity contribution in [1.29, 1.82) is 0 Å². The average Bonchev–Trinajstić information content (AvgIpc) is 1.97. The van der Waals surface area contributed by atoms with E-state index in [1.165, 1.54) is 0 Å². The van der Waals surface area contributed by atoms with E-state index in [1.54, 1.807) is 0 Å². The molecule has 0 aromatic heterocycles. The molecule has 1 unspecified atom stereocenters. The summed E-state index contributed by atoms with van der Waals surface area (Å²) in [5, 5.41) is 12.9. The smallest absolute Gasteiger partial charge is 0.0897 e. The van der Waals surface area contributed by atoms with Crippen LogP contribution in [-0.4, -0.2) is 36.5 Å². The summed E-state index contributed by atoms with van der Waals surface area (Å²) in [6.07, 6.45) is -0.424. The lowest BCUT2D eigenvalue weighted by Crippen LogP contribution is -2.37. The summed E-state index contributed by atoms with van der Waals surface area (Å²) in [6, 6.07) is 0. The van der Waals surface area contributed by atoms with E-state index in [0.29, 0.717) is 13.2 Å². The highest BCUT2D eigenvalue weighted by Gasteiger charge is 2.14. The SMILES string of the molecule is CC(C)(C)CNCC(O)COC(C)(C)C. The molecule has 0 aliphatic rings. The van der Waals surface area contributed by atoms with Crippen molar-refractivity contribution in [2.24, 2.45) is 5.41 Å². The first-order valence-corrected chi connectivity index (χ1v) is 5.63. The zero-order valence-electron chi connectivity index (χ0n) is 11.1. The second-order valence-corrected chi connectivity index (χ2v) is 6.27. The molecule has 0 aromatic carbocycles. The van der Waals surface area contributed by atoms with E-state index in [9.17, 15) is 5.11 Å². The van der Waals surface area contributed by atoms with Crippen LogP contribution in [0.1, 0.15) is 41.5 Å². The fourth-order valence-electron chi connectivity index (χ4n) is 1.02. The molecular weight excluding hydrogens is 190 g/mol. The van der Waals surface area contributed by atoms with Gasteiger partial charge in [0, 0.05) is 13.1 Å². The maximum Gasteiger partial charge on any atom is 0.0897 e. The van der Waals surface area contributed by atoms with Crippen molar-refractivity contribution in [3.05, 3.63) is 0 Å². The summed E-state index contributed by atoms with van der Waals surface area (Å²) in [4.78, 5) is 0. The Balaban J connectivity index is 3.54. The zero-order chi connectivity index (χ0) is 12.1. The maximum absolute atomic E-state index is 9.62. The van der Waals surface area contributed by atoms with Crippen LogP contribution in [0.15, 0.2) is 0 Å². The molecule has 0 heterocycles. The first-order chi connectivity index (χ1) is 6.60. The molecule has 0 aliphatic carbocycles. The van der Waals surface area contributed by atoms with Crippen LogP contribution < -0.4 is 5.32 Å². The van der Waals surface area contributed by atoms with Crippen LogP contribution in [-0.2, 0) is 4.74 Å². The molecule has 3 heteroatoms. The number of rotatable bonds is 5. The maximum atomic E-state index is 9.62. The number of hydrogen-bond donors (Lipinski definition) is 2. The summed E-state index contributed by atoms with van der Waals surface area (Å²) in [5.74, 6) is 0. The molecule has 0 spiro atoms. The number of hydrogen-bond acceptors (Lipinski definition) is 3. The minimum atomic E-state index is -0.424. The van der Waals surface area contributed by atoms with Crippen molar-refractivity contribution < 1.29 is 9.84 Å². The van der Waals surface area contributed by atoms with Gasteiger partial charge in [0.05, 0.1) is 18.3 Å². The molecule has 15 heavy (non-hydrogen) atoms. The summed E-state index contributed by atoms with van der Waals surface area (Å²) in [6.45, 7) is 14.3. The first kappa shape index (κ1) is 14.9. The minimum absolute atomic E-state index is 0.176. The van der Waals surface area contributed by atoms with Crippen molar-refractivity contribution in [3.63, 3.8) is 0 Å². The first-order valence-electron chi connectivity index (χ1n) is 5.63. The highest BCUT2D eigenvalue weighted by Crippen LogP contribution is 2.10. The number of nitrogens with one attached hydrogen (secondary N) is 1. The summed E-state index contributed by atoms with van der Waals surface area (Å²) in [7, 11) is 0. The molecule has 0 amide bonds. The monoisotopic (exact) mass is 217 g/mol. The van der Waals surface area contributed by atoms with E-state index >= 15 is 0 Å². The molecule has 3 nitrogen and oxygen atoms in total. The van der Waals surface area contributed by atoms with Gasteiger partial charge in [-0.05, 0) is 26.2 Å². The van der Waals surface area contributed by atoms with Gasteiger partial charge in [0.25, 0.3) is 0 Å². The zero-order valence-corrected chi connectivity index (χ0v) is 11.1. The largest absolute Gasteiger partial charge is 0.389 e. The lowest BCUT2D eigenvalue weighted by molar-refractivity contribution is -0.0481. The van der Waals surface area contributed by atoms with Gasteiger partial charge in [0.2, 0.25) is 0 Å². The van der Waals surface area contributed by atoms with Crippen LogP contribution in [0.2, 0.25) is 0 Å². The van der Waals surface area contributed by atoms with Crippen molar-refractivity contribution in [2.45, 2.75) is 53.2 Å². The van der Waals surface area contributed by atoms with Gasteiger partial charge >= 0.3 is 0 Å². The van der Waals surface area contributed by atoms with Crippen molar-refractivity contribution in [1.82, 2.24) is 5.32 Å². The second kappa shape index (κ2) is 5.83. The lowest BCUT2D eigenvalue weighted by Gasteiger charge is -2.23. The Morgan fingerprint density at radius 2 is 1.67 bits per heavy atom. The molecule has 0 aromatic rings. The number of aliphatic hydroxyl groups is 1. The van der Waals surface area contributed by atoms with Crippen molar-refractivity contribution in [3.8, 4) is 0 Å². The van der Waals surface area contributed by atoms with Crippen LogP contribution in [0.4, 0.5) is 0 Å². The highest BCUT2D eigenvalue weighted by molar-refractivity contribution is 4.68. The fourth-order valence-corrected chi connectivity index (χ4v) is 1.02. The van der Waals surface area contributed by atoms with Gasteiger partial charge in [-0.25, -0.2) is 0 Å². The molecule has 92 valence electrons. The Hall–Kier alpha value is -0.120. The van der Waals surface area contributed by atoms with Crippen LogP contribution in [0, 0.1) is 5.41 Å². The molecule has 0 fully saturated rings. The minimum Gasteiger partial charge on any atom is -0.389 e. The Bertz CT molecular complexity index is 167.